The van der Waals surface area contributed by atoms with E-state index in [2.05, 4.69) is 6.07 Å². The van der Waals surface area contributed by atoms with E-state index in [9.17, 15) is 0 Å². The van der Waals surface area contributed by atoms with E-state index < -0.39 is 0 Å². The Bertz CT molecular complexity index is 570. The van der Waals surface area contributed by atoms with Gasteiger partial charge in [0.15, 0.2) is 0 Å². The lowest BCUT2D eigenvalue weighted by Crippen LogP contribution is -1.80. The Morgan fingerprint density at radius 2 is 1.82 bits per heavy atom. The molecule has 0 unspecified atom stereocenters. The number of hydrogen-bond donors (Lipinski definition) is 0. The molecule has 17 heavy (non-hydrogen) atoms. The molecule has 1 nitrogen and oxygen atoms in total. The molecule has 2 aromatic rings. The van der Waals surface area contributed by atoms with E-state index in [1.807, 2.05) is 49.4 Å². The van der Waals surface area contributed by atoms with E-state index in [0.717, 1.165) is 15.5 Å². The molecule has 0 aromatic heterocycles. The molecule has 2 aromatic carbocycles. The summed E-state index contributed by atoms with van der Waals surface area (Å²) in [4.78, 5) is 2.30. The van der Waals surface area contributed by atoms with E-state index in [4.69, 9.17) is 16.9 Å². The zero-order valence-corrected chi connectivity index (χ0v) is 10.8. The van der Waals surface area contributed by atoms with Crippen LogP contribution in [0.3, 0.4) is 0 Å². The number of hydrogen-bond acceptors (Lipinski definition) is 2. The van der Waals surface area contributed by atoms with Crippen LogP contribution in [0, 0.1) is 18.3 Å². The molecule has 0 N–H and O–H groups in total. The Morgan fingerprint density at radius 1 is 1.12 bits per heavy atom. The average Bonchev–Trinajstić information content (AvgIpc) is 2.34. The molecule has 0 aliphatic heterocycles. The number of aryl methyl sites for hydroxylation is 1. The van der Waals surface area contributed by atoms with Gasteiger partial charge in [-0.3, -0.25) is 0 Å². The van der Waals surface area contributed by atoms with Crippen LogP contribution in [0.5, 0.6) is 0 Å². The molecule has 0 fully saturated rings. The molecule has 0 aliphatic rings. The number of benzene rings is 2. The summed E-state index contributed by atoms with van der Waals surface area (Å²) >= 11 is 7.59. The highest BCUT2D eigenvalue weighted by molar-refractivity contribution is 7.99. The van der Waals surface area contributed by atoms with Crippen molar-refractivity contribution in [2.45, 2.75) is 16.7 Å². The highest BCUT2D eigenvalue weighted by Crippen LogP contribution is 2.31. The Labute approximate surface area is 110 Å². The number of nitrogens with zero attached hydrogens (tertiary/aromatic N) is 1. The third-order valence-electron chi connectivity index (χ3n) is 2.35. The Kier molecular flexibility index (Phi) is 3.73. The summed E-state index contributed by atoms with van der Waals surface area (Å²) in [6, 6.07) is 15.5. The molecule has 0 radical (unpaired) electrons. The summed E-state index contributed by atoms with van der Waals surface area (Å²) in [7, 11) is 0. The van der Waals surface area contributed by atoms with Gasteiger partial charge in [0, 0.05) is 14.8 Å². The third kappa shape index (κ3) is 3.03. The zero-order valence-electron chi connectivity index (χ0n) is 9.27. The molecule has 3 heteroatoms. The highest BCUT2D eigenvalue weighted by atomic mass is 35.5. The van der Waals surface area contributed by atoms with Crippen molar-refractivity contribution < 1.29 is 0 Å². The van der Waals surface area contributed by atoms with E-state index in [1.165, 1.54) is 4.90 Å². The summed E-state index contributed by atoms with van der Waals surface area (Å²) in [6.07, 6.45) is 0. The lowest BCUT2D eigenvalue weighted by atomic mass is 10.2. The van der Waals surface area contributed by atoms with Gasteiger partial charge in [0.05, 0.1) is 11.6 Å². The van der Waals surface area contributed by atoms with Crippen LogP contribution < -0.4 is 0 Å². The fourth-order valence-electron chi connectivity index (χ4n) is 1.45. The van der Waals surface area contributed by atoms with Crippen LogP contribution in [-0.4, -0.2) is 0 Å². The van der Waals surface area contributed by atoms with Crippen LogP contribution in [0.1, 0.15) is 11.1 Å². The molecular weight excluding hydrogens is 250 g/mol. The fourth-order valence-corrected chi connectivity index (χ4v) is 2.56. The van der Waals surface area contributed by atoms with Gasteiger partial charge < -0.3 is 0 Å². The maximum absolute atomic E-state index is 8.72. The van der Waals surface area contributed by atoms with Crippen molar-refractivity contribution >= 4 is 23.4 Å². The van der Waals surface area contributed by atoms with Gasteiger partial charge in [0.2, 0.25) is 0 Å². The maximum Gasteiger partial charge on any atom is 0.0991 e. The number of halogens is 1. The van der Waals surface area contributed by atoms with Gasteiger partial charge in [-0.05, 0) is 55.0 Å². The summed E-state index contributed by atoms with van der Waals surface area (Å²) in [5.41, 5.74) is 1.84. The third-order valence-corrected chi connectivity index (χ3v) is 3.77. The SMILES string of the molecule is Cc1cc(Cl)ccc1Sc1ccc(C#N)cc1. The van der Waals surface area contributed by atoms with Crippen LogP contribution in [0.25, 0.3) is 0 Å². The summed E-state index contributed by atoms with van der Waals surface area (Å²) in [5, 5.41) is 9.48. The normalized spacial score (nSPS) is 9.94. The Balaban J connectivity index is 2.23. The predicted octanol–water partition coefficient (Wildman–Crippen LogP) is 4.67. The lowest BCUT2D eigenvalue weighted by molar-refractivity contribution is 1.29. The lowest BCUT2D eigenvalue weighted by Gasteiger charge is -2.05. The van der Waals surface area contributed by atoms with Crippen LogP contribution in [0.2, 0.25) is 5.02 Å². The van der Waals surface area contributed by atoms with Gasteiger partial charge in [-0.2, -0.15) is 5.26 Å². The van der Waals surface area contributed by atoms with Crippen LogP contribution in [-0.2, 0) is 0 Å². The second-order valence-electron chi connectivity index (χ2n) is 3.65. The van der Waals surface area contributed by atoms with Gasteiger partial charge in [-0.1, -0.05) is 23.4 Å². The second-order valence-corrected chi connectivity index (χ2v) is 5.20. The predicted molar refractivity (Wildman–Crippen MR) is 71.5 cm³/mol. The zero-order chi connectivity index (χ0) is 12.3. The van der Waals surface area contributed by atoms with Crippen LogP contribution in [0.4, 0.5) is 0 Å². The topological polar surface area (TPSA) is 23.8 Å². The monoisotopic (exact) mass is 259 g/mol. The minimum Gasteiger partial charge on any atom is -0.192 e. The molecule has 0 spiro atoms. The van der Waals surface area contributed by atoms with E-state index in [0.29, 0.717) is 5.56 Å². The first-order valence-electron chi connectivity index (χ1n) is 5.13. The van der Waals surface area contributed by atoms with Crippen molar-refractivity contribution in [3.05, 3.63) is 58.6 Å². The molecule has 0 bridgehead atoms. The molecular formula is C14H10ClNS. The Morgan fingerprint density at radius 3 is 2.41 bits per heavy atom. The molecule has 0 saturated heterocycles. The molecule has 0 amide bonds. The van der Waals surface area contributed by atoms with Crippen molar-refractivity contribution in [1.29, 1.82) is 5.26 Å². The van der Waals surface area contributed by atoms with Crippen molar-refractivity contribution in [1.82, 2.24) is 0 Å². The summed E-state index contributed by atoms with van der Waals surface area (Å²) in [6.45, 7) is 2.04. The molecule has 0 heterocycles. The van der Waals surface area contributed by atoms with Crippen LogP contribution in [0.15, 0.2) is 52.3 Å². The molecule has 84 valence electrons. The molecule has 0 atom stereocenters. The van der Waals surface area contributed by atoms with Crippen molar-refractivity contribution in [3.8, 4) is 6.07 Å². The number of rotatable bonds is 2. The smallest absolute Gasteiger partial charge is 0.0991 e. The van der Waals surface area contributed by atoms with Crippen molar-refractivity contribution in [2.24, 2.45) is 0 Å². The maximum atomic E-state index is 8.72. The van der Waals surface area contributed by atoms with Crippen molar-refractivity contribution in [3.63, 3.8) is 0 Å². The van der Waals surface area contributed by atoms with Crippen molar-refractivity contribution in [2.75, 3.05) is 0 Å². The highest BCUT2D eigenvalue weighted by Gasteiger charge is 2.02. The van der Waals surface area contributed by atoms with Gasteiger partial charge in [-0.15, -0.1) is 0 Å². The first-order chi connectivity index (χ1) is 8.19. The molecule has 2 rings (SSSR count). The fraction of sp³-hybridized carbons (Fsp3) is 0.0714. The summed E-state index contributed by atoms with van der Waals surface area (Å²) in [5.74, 6) is 0. The first kappa shape index (κ1) is 12.0. The minimum atomic E-state index is 0.683. The minimum absolute atomic E-state index is 0.683. The molecule has 0 saturated carbocycles. The van der Waals surface area contributed by atoms with E-state index in [1.54, 1.807) is 11.8 Å². The molecule has 0 aliphatic carbocycles. The average molecular weight is 260 g/mol. The quantitative estimate of drug-likeness (QED) is 0.782. The Hall–Kier alpha value is -1.43. The summed E-state index contributed by atoms with van der Waals surface area (Å²) < 4.78 is 0. The van der Waals surface area contributed by atoms with E-state index in [-0.39, 0.29) is 0 Å². The first-order valence-corrected chi connectivity index (χ1v) is 6.32. The largest absolute Gasteiger partial charge is 0.192 e. The van der Waals surface area contributed by atoms with Gasteiger partial charge in [0.1, 0.15) is 0 Å². The standard InChI is InChI=1S/C14H10ClNS/c1-10-8-12(15)4-7-14(10)17-13-5-2-11(9-16)3-6-13/h2-8H,1H3. The van der Waals surface area contributed by atoms with Crippen LogP contribution >= 0.6 is 23.4 Å². The van der Waals surface area contributed by atoms with Gasteiger partial charge in [-0.25, -0.2) is 0 Å². The number of nitriles is 1. The second kappa shape index (κ2) is 5.27. The van der Waals surface area contributed by atoms with Gasteiger partial charge in [0.25, 0.3) is 0 Å². The van der Waals surface area contributed by atoms with Gasteiger partial charge >= 0.3 is 0 Å². The van der Waals surface area contributed by atoms with E-state index >= 15 is 0 Å².